The lowest BCUT2D eigenvalue weighted by Gasteiger charge is -2.17. The minimum Gasteiger partial charge on any atom is -0.497 e. The molecule has 0 amide bonds. The Morgan fingerprint density at radius 3 is 2.07 bits per heavy atom. The molecule has 0 aliphatic carbocycles. The van der Waals surface area contributed by atoms with Crippen molar-refractivity contribution in [3.05, 3.63) is 36.3 Å². The third-order valence-electron chi connectivity index (χ3n) is 5.42. The van der Waals surface area contributed by atoms with Gasteiger partial charge >= 0.3 is 0 Å². The predicted octanol–water partition coefficient (Wildman–Crippen LogP) is 7.39. The van der Waals surface area contributed by atoms with Crippen LogP contribution in [0, 0.1) is 11.8 Å². The molecule has 0 heterocycles. The lowest BCUT2D eigenvalue weighted by atomic mass is 10.0. The van der Waals surface area contributed by atoms with Gasteiger partial charge in [-0.15, -0.1) is 0 Å². The topological polar surface area (TPSA) is 42.9 Å². The average Bonchev–Trinajstić information content (AvgIpc) is 2.76. The molecule has 0 aromatic carbocycles. The van der Waals surface area contributed by atoms with Crippen molar-refractivity contribution in [2.75, 3.05) is 19.8 Å². The minimum absolute atomic E-state index is 0.579. The number of hydrogen-bond acceptors (Lipinski definition) is 4. The standard InChI is InChI=1S/C26H48N2O2/c1-8-13-15-24(10-3)19-29-21-26(30-20-25(11-4)16-14-9-2)18-17-22(6)23(7)28-27-12-5/h17-18,21,24-25,27H,6,8-16,19-20H2,1-5,7H3/b18-17-,26-21-,28-23+. The first-order valence-corrected chi connectivity index (χ1v) is 12.1. The lowest BCUT2D eigenvalue weighted by molar-refractivity contribution is 0.134. The largest absolute Gasteiger partial charge is 0.497 e. The number of nitrogens with zero attached hydrogens (tertiary/aromatic N) is 1. The van der Waals surface area contributed by atoms with Crippen LogP contribution in [0.2, 0.25) is 0 Å². The van der Waals surface area contributed by atoms with E-state index >= 15 is 0 Å². The maximum absolute atomic E-state index is 6.15. The fourth-order valence-corrected chi connectivity index (χ4v) is 2.97. The Hall–Kier alpha value is -1.71. The molecule has 30 heavy (non-hydrogen) atoms. The quantitative estimate of drug-likeness (QED) is 0.102. The van der Waals surface area contributed by atoms with Crippen LogP contribution < -0.4 is 5.43 Å². The van der Waals surface area contributed by atoms with E-state index in [0.29, 0.717) is 11.8 Å². The van der Waals surface area contributed by atoms with Gasteiger partial charge in [0.15, 0.2) is 5.76 Å². The minimum atomic E-state index is 0.579. The molecule has 0 aliphatic heterocycles. The van der Waals surface area contributed by atoms with Crippen molar-refractivity contribution in [3.63, 3.8) is 0 Å². The van der Waals surface area contributed by atoms with Crippen molar-refractivity contribution in [2.24, 2.45) is 16.9 Å². The smallest absolute Gasteiger partial charge is 0.153 e. The van der Waals surface area contributed by atoms with Gasteiger partial charge in [-0.05, 0) is 56.3 Å². The van der Waals surface area contributed by atoms with E-state index in [1.165, 1.54) is 38.5 Å². The van der Waals surface area contributed by atoms with E-state index in [9.17, 15) is 0 Å². The zero-order valence-electron chi connectivity index (χ0n) is 20.6. The molecule has 0 aromatic heterocycles. The van der Waals surface area contributed by atoms with Crippen LogP contribution in [0.5, 0.6) is 0 Å². The second-order valence-corrected chi connectivity index (χ2v) is 8.07. The zero-order chi connectivity index (χ0) is 22.6. The van der Waals surface area contributed by atoms with Crippen molar-refractivity contribution in [2.45, 2.75) is 92.9 Å². The summed E-state index contributed by atoms with van der Waals surface area (Å²) in [6, 6.07) is 0. The van der Waals surface area contributed by atoms with Crippen LogP contribution in [0.25, 0.3) is 0 Å². The van der Waals surface area contributed by atoms with Gasteiger partial charge in [0.1, 0.15) is 6.26 Å². The molecule has 4 nitrogen and oxygen atoms in total. The summed E-state index contributed by atoms with van der Waals surface area (Å²) in [5, 5.41) is 4.29. The maximum Gasteiger partial charge on any atom is 0.153 e. The number of hydrogen-bond donors (Lipinski definition) is 1. The number of nitrogens with one attached hydrogen (secondary N) is 1. The molecule has 4 heteroatoms. The second kappa shape index (κ2) is 19.3. The average molecular weight is 421 g/mol. The summed E-state index contributed by atoms with van der Waals surface area (Å²) in [5.41, 5.74) is 4.70. The number of unbranched alkanes of at least 4 members (excludes halogenated alkanes) is 2. The molecule has 2 atom stereocenters. The van der Waals surface area contributed by atoms with Gasteiger partial charge in [-0.3, -0.25) is 0 Å². The Bertz CT molecular complexity index is 523. The third kappa shape index (κ3) is 14.3. The number of allylic oxidation sites excluding steroid dienone is 3. The predicted molar refractivity (Wildman–Crippen MR) is 132 cm³/mol. The Morgan fingerprint density at radius 2 is 1.53 bits per heavy atom. The molecule has 0 aliphatic rings. The molecule has 0 saturated heterocycles. The van der Waals surface area contributed by atoms with E-state index in [2.05, 4.69) is 44.8 Å². The van der Waals surface area contributed by atoms with E-state index < -0.39 is 0 Å². The fourth-order valence-electron chi connectivity index (χ4n) is 2.97. The number of hydrazone groups is 1. The number of rotatable bonds is 19. The third-order valence-corrected chi connectivity index (χ3v) is 5.42. The van der Waals surface area contributed by atoms with Gasteiger partial charge in [-0.1, -0.05) is 72.8 Å². The highest BCUT2D eigenvalue weighted by Crippen LogP contribution is 2.17. The SMILES string of the molecule is C=C(/C=C\C(=C\OCC(CC)CCCC)OCC(CC)CCCC)/C(C)=N/NCC. The van der Waals surface area contributed by atoms with Crippen LogP contribution in [-0.4, -0.2) is 25.5 Å². The summed E-state index contributed by atoms with van der Waals surface area (Å²) in [6.45, 7) is 19.3. The molecule has 1 N–H and O–H groups in total. The van der Waals surface area contributed by atoms with E-state index in [-0.39, 0.29) is 0 Å². The summed E-state index contributed by atoms with van der Waals surface area (Å²) in [6.07, 6.45) is 15.4. The van der Waals surface area contributed by atoms with E-state index in [1.54, 1.807) is 6.26 Å². The first-order chi connectivity index (χ1) is 14.5. The lowest BCUT2D eigenvalue weighted by Crippen LogP contribution is -2.10. The van der Waals surface area contributed by atoms with Crippen molar-refractivity contribution >= 4 is 5.71 Å². The van der Waals surface area contributed by atoms with Crippen LogP contribution in [0.1, 0.15) is 92.9 Å². The summed E-state index contributed by atoms with van der Waals surface area (Å²) < 4.78 is 12.1. The molecular weight excluding hydrogens is 372 g/mol. The second-order valence-electron chi connectivity index (χ2n) is 8.07. The van der Waals surface area contributed by atoms with Gasteiger partial charge in [0.25, 0.3) is 0 Å². The highest BCUT2D eigenvalue weighted by atomic mass is 16.5. The first-order valence-electron chi connectivity index (χ1n) is 12.1. The van der Waals surface area contributed by atoms with Crippen molar-refractivity contribution in [1.82, 2.24) is 5.43 Å². The monoisotopic (exact) mass is 420 g/mol. The Kier molecular flexibility index (Phi) is 18.2. The van der Waals surface area contributed by atoms with E-state index in [4.69, 9.17) is 9.47 Å². The fraction of sp³-hybridized carbons (Fsp3) is 0.731. The van der Waals surface area contributed by atoms with E-state index in [1.807, 2.05) is 26.0 Å². The number of ether oxygens (including phenoxy) is 2. The van der Waals surface area contributed by atoms with Crippen LogP contribution in [0.4, 0.5) is 0 Å². The Labute approximate surface area is 186 Å². The molecule has 0 rings (SSSR count). The molecule has 174 valence electrons. The Balaban J connectivity index is 5.05. The molecule has 0 spiro atoms. The first kappa shape index (κ1) is 28.3. The Morgan fingerprint density at radius 1 is 0.933 bits per heavy atom. The normalized spacial score (nSPS) is 14.6. The molecule has 0 saturated carbocycles. The zero-order valence-corrected chi connectivity index (χ0v) is 20.6. The molecular formula is C26H48N2O2. The van der Waals surface area contributed by atoms with Crippen LogP contribution >= 0.6 is 0 Å². The van der Waals surface area contributed by atoms with Crippen LogP contribution in [0.15, 0.2) is 41.4 Å². The molecule has 0 bridgehead atoms. The van der Waals surface area contributed by atoms with Crippen molar-refractivity contribution in [1.29, 1.82) is 0 Å². The van der Waals surface area contributed by atoms with Gasteiger partial charge in [-0.25, -0.2) is 0 Å². The van der Waals surface area contributed by atoms with Crippen molar-refractivity contribution < 1.29 is 9.47 Å². The van der Waals surface area contributed by atoms with E-state index in [0.717, 1.165) is 49.6 Å². The van der Waals surface area contributed by atoms with Crippen LogP contribution in [0.3, 0.4) is 0 Å². The molecule has 0 fully saturated rings. The molecule has 0 aromatic rings. The van der Waals surface area contributed by atoms with Gasteiger partial charge in [0.05, 0.1) is 18.9 Å². The van der Waals surface area contributed by atoms with Crippen molar-refractivity contribution in [3.8, 4) is 0 Å². The summed E-state index contributed by atoms with van der Waals surface area (Å²) in [7, 11) is 0. The summed E-state index contributed by atoms with van der Waals surface area (Å²) in [4.78, 5) is 0. The highest BCUT2D eigenvalue weighted by Gasteiger charge is 2.09. The van der Waals surface area contributed by atoms with Gasteiger partial charge < -0.3 is 14.9 Å². The van der Waals surface area contributed by atoms with Gasteiger partial charge in [0.2, 0.25) is 0 Å². The summed E-state index contributed by atoms with van der Waals surface area (Å²) in [5.74, 6) is 1.94. The van der Waals surface area contributed by atoms with Gasteiger partial charge in [0, 0.05) is 6.54 Å². The molecule has 0 radical (unpaired) electrons. The van der Waals surface area contributed by atoms with Crippen LogP contribution in [-0.2, 0) is 9.47 Å². The summed E-state index contributed by atoms with van der Waals surface area (Å²) >= 11 is 0. The molecule has 2 unspecified atom stereocenters. The van der Waals surface area contributed by atoms with Gasteiger partial charge in [-0.2, -0.15) is 5.10 Å². The maximum atomic E-state index is 6.15. The highest BCUT2D eigenvalue weighted by molar-refractivity contribution is 5.99.